The van der Waals surface area contributed by atoms with Crippen LogP contribution in [-0.2, 0) is 22.4 Å². The van der Waals surface area contributed by atoms with E-state index in [-0.39, 0.29) is 12.8 Å². The first-order valence-corrected chi connectivity index (χ1v) is 18.9. The van der Waals surface area contributed by atoms with Crippen molar-refractivity contribution in [2.45, 2.75) is 71.0 Å². The Bertz CT molecular complexity index is 996. The minimum atomic E-state index is -1.93. The number of rotatable bonds is 2. The maximum atomic E-state index is 11.4. The number of phenolic OH excluding ortho intramolecular Hbond substituents is 1. The fourth-order valence-corrected chi connectivity index (χ4v) is 10.9. The van der Waals surface area contributed by atoms with Gasteiger partial charge in [0.2, 0.25) is 0 Å². The molecular formula is C28H39Cl2OSiTi-. The van der Waals surface area contributed by atoms with Gasteiger partial charge in [-0.15, -0.1) is 0 Å². The van der Waals surface area contributed by atoms with Crippen LogP contribution in [0.5, 0.6) is 5.75 Å². The van der Waals surface area contributed by atoms with Crippen LogP contribution in [0.1, 0.15) is 62.3 Å². The number of hydrogen-bond acceptors (Lipinski definition) is 1. The van der Waals surface area contributed by atoms with Gasteiger partial charge < -0.3 is 12.5 Å². The molecule has 0 saturated heterocycles. The zero-order valence-electron chi connectivity index (χ0n) is 21.3. The third-order valence-electron chi connectivity index (χ3n) is 7.60. The molecule has 1 N–H and O–H groups in total. The summed E-state index contributed by atoms with van der Waals surface area (Å²) in [7, 11) is 7.85. The Morgan fingerprint density at radius 1 is 1.09 bits per heavy atom. The van der Waals surface area contributed by atoms with Crippen LogP contribution in [0.4, 0.5) is 0 Å². The number of allylic oxidation sites excluding steroid dienone is 1. The van der Waals surface area contributed by atoms with E-state index in [1.807, 2.05) is 0 Å². The van der Waals surface area contributed by atoms with E-state index in [4.69, 9.17) is 18.6 Å². The maximum absolute atomic E-state index is 11.4. The third kappa shape index (κ3) is 5.67. The molecule has 1 saturated carbocycles. The molecule has 2 aromatic rings. The number of phenols is 1. The second-order valence-corrected chi connectivity index (χ2v) is 18.4. The van der Waals surface area contributed by atoms with E-state index in [2.05, 4.69) is 96.3 Å². The van der Waals surface area contributed by atoms with E-state index in [1.54, 1.807) is 0 Å². The van der Waals surface area contributed by atoms with Gasteiger partial charge in [0.15, 0.2) is 0 Å². The van der Waals surface area contributed by atoms with E-state index in [0.717, 1.165) is 5.56 Å². The normalized spacial score (nSPS) is 23.5. The summed E-state index contributed by atoms with van der Waals surface area (Å²) in [5.41, 5.74) is 5.88. The standard InChI is InChI=1S/C27H36OSi.CH3.2ClH.Ti/c1-17-14-23(27(3,4)5)25(28)24(15-17)29(6,7)26-18(2)16-22-20-11-9-8-10-19(20)12-13-21(22)26;;;;/h8-15,18,21-22,26,28H,16H2,1-7H3;1H3;2*1H;/q;-1;;;+2/p-2/t18-,21?,22?,26?;;;;/m1..../s1. The molecule has 2 aromatic carbocycles. The number of aryl methyl sites for hydroxylation is 1. The number of benzene rings is 2. The van der Waals surface area contributed by atoms with Gasteiger partial charge >= 0.3 is 35.6 Å². The molecular weight excluding hydrogens is 499 g/mol. The molecule has 0 aromatic heterocycles. The van der Waals surface area contributed by atoms with Crippen LogP contribution in [0.3, 0.4) is 0 Å². The molecule has 4 atom stereocenters. The summed E-state index contributed by atoms with van der Waals surface area (Å²) in [5, 5.41) is 12.7. The third-order valence-corrected chi connectivity index (χ3v) is 12.0. The Morgan fingerprint density at radius 2 is 1.70 bits per heavy atom. The van der Waals surface area contributed by atoms with Gasteiger partial charge in [-0.25, -0.2) is 0 Å². The van der Waals surface area contributed by atoms with Crippen molar-refractivity contribution in [2.75, 3.05) is 0 Å². The fourth-order valence-electron chi connectivity index (χ4n) is 6.35. The van der Waals surface area contributed by atoms with E-state index < -0.39 is 25.1 Å². The van der Waals surface area contributed by atoms with Crippen molar-refractivity contribution in [1.82, 2.24) is 0 Å². The van der Waals surface area contributed by atoms with Crippen LogP contribution in [0.15, 0.2) is 42.5 Å². The van der Waals surface area contributed by atoms with Gasteiger partial charge in [-0.3, -0.25) is 0 Å². The molecule has 2 aliphatic carbocycles. The van der Waals surface area contributed by atoms with Gasteiger partial charge in [0.25, 0.3) is 0 Å². The summed E-state index contributed by atoms with van der Waals surface area (Å²) in [6, 6.07) is 13.4. The Balaban J connectivity index is 0.000000914. The van der Waals surface area contributed by atoms with E-state index in [1.165, 1.54) is 28.3 Å². The first kappa shape index (κ1) is 28.7. The van der Waals surface area contributed by atoms with Crippen molar-refractivity contribution >= 4 is 37.9 Å². The number of halogens is 2. The van der Waals surface area contributed by atoms with Gasteiger partial charge in [0.05, 0.1) is 8.07 Å². The Morgan fingerprint density at radius 3 is 2.30 bits per heavy atom. The summed E-state index contributed by atoms with van der Waals surface area (Å²) in [6.07, 6.45) is 6.10. The number of aromatic hydroxyl groups is 1. The summed E-state index contributed by atoms with van der Waals surface area (Å²) >= 11 is -0.556. The number of hydrogen-bond donors (Lipinski definition) is 1. The summed E-state index contributed by atoms with van der Waals surface area (Å²) in [6.45, 7) is 16.2. The molecule has 5 heteroatoms. The molecule has 0 radical (unpaired) electrons. The van der Waals surface area contributed by atoms with E-state index >= 15 is 0 Å². The van der Waals surface area contributed by atoms with Gasteiger partial charge in [-0.2, -0.15) is 0 Å². The van der Waals surface area contributed by atoms with Crippen LogP contribution >= 0.6 is 18.6 Å². The minimum absolute atomic E-state index is 0. The molecule has 0 heterocycles. The molecule has 1 nitrogen and oxygen atoms in total. The van der Waals surface area contributed by atoms with E-state index in [9.17, 15) is 5.11 Å². The molecule has 33 heavy (non-hydrogen) atoms. The molecule has 0 amide bonds. The monoisotopic (exact) mass is 537 g/mol. The topological polar surface area (TPSA) is 20.2 Å². The molecule has 4 rings (SSSR count). The Labute approximate surface area is 219 Å². The van der Waals surface area contributed by atoms with Crippen molar-refractivity contribution in [1.29, 1.82) is 0 Å². The predicted molar refractivity (Wildman–Crippen MR) is 146 cm³/mol. The summed E-state index contributed by atoms with van der Waals surface area (Å²) in [5.74, 6) is 2.44. The van der Waals surface area contributed by atoms with Crippen LogP contribution in [0, 0.1) is 26.2 Å². The van der Waals surface area contributed by atoms with Crippen LogP contribution in [0.2, 0.25) is 18.6 Å². The van der Waals surface area contributed by atoms with Gasteiger partial charge in [0, 0.05) is 0 Å². The molecule has 2 aliphatic rings. The zero-order chi connectivity index (χ0) is 23.8. The zero-order valence-corrected chi connectivity index (χ0v) is 25.4. The molecule has 180 valence electrons. The first-order chi connectivity index (χ1) is 14.9. The fraction of sp³-hybridized carbons (Fsp3) is 0.464. The Hall–Kier alpha value is -0.509. The summed E-state index contributed by atoms with van der Waals surface area (Å²) in [4.78, 5) is 0. The van der Waals surface area contributed by atoms with Crippen molar-refractivity contribution in [3.8, 4) is 5.75 Å². The molecule has 3 unspecified atom stereocenters. The SMILES string of the molecule is Cc1cc(C(C)(C)C)c(O)c([Si](C)(C)C2C3C=Cc4ccccc4C3C[C@H]2C)c1.[CH3-].[Cl][Ti][Cl]. The quantitative estimate of drug-likeness (QED) is 0.300. The predicted octanol–water partition coefficient (Wildman–Crippen LogP) is 8.58. The Kier molecular flexibility index (Phi) is 9.61. The van der Waals surface area contributed by atoms with Crippen LogP contribution < -0.4 is 5.19 Å². The second-order valence-electron chi connectivity index (χ2n) is 11.2. The van der Waals surface area contributed by atoms with E-state index in [0.29, 0.717) is 29.0 Å². The molecule has 0 spiro atoms. The summed E-state index contributed by atoms with van der Waals surface area (Å²) < 4.78 is 0. The molecule has 0 aliphatic heterocycles. The second kappa shape index (κ2) is 11.0. The van der Waals surface area contributed by atoms with Crippen LogP contribution in [0.25, 0.3) is 6.08 Å². The van der Waals surface area contributed by atoms with Crippen LogP contribution in [-0.4, -0.2) is 13.2 Å². The first-order valence-electron chi connectivity index (χ1n) is 11.5. The average Bonchev–Trinajstić information content (AvgIpc) is 3.06. The molecule has 0 bridgehead atoms. The van der Waals surface area contributed by atoms with Gasteiger partial charge in [-0.05, 0) is 63.9 Å². The van der Waals surface area contributed by atoms with Crippen molar-refractivity contribution in [3.05, 3.63) is 72.2 Å². The number of fused-ring (bicyclic) bond motifs is 3. The van der Waals surface area contributed by atoms with Gasteiger partial charge in [0.1, 0.15) is 5.75 Å². The molecule has 1 fully saturated rings. The van der Waals surface area contributed by atoms with Crippen molar-refractivity contribution in [3.63, 3.8) is 0 Å². The van der Waals surface area contributed by atoms with Gasteiger partial charge in [-0.1, -0.05) is 94.9 Å². The van der Waals surface area contributed by atoms with Crippen molar-refractivity contribution in [2.24, 2.45) is 11.8 Å². The van der Waals surface area contributed by atoms with Crippen molar-refractivity contribution < 1.29 is 22.1 Å². The average molecular weight is 538 g/mol.